The summed E-state index contributed by atoms with van der Waals surface area (Å²) in [5.41, 5.74) is 4.02. The van der Waals surface area contributed by atoms with E-state index in [0.29, 0.717) is 12.2 Å². The van der Waals surface area contributed by atoms with Crippen molar-refractivity contribution in [3.63, 3.8) is 0 Å². The summed E-state index contributed by atoms with van der Waals surface area (Å²) in [6.07, 6.45) is 8.10. The highest BCUT2D eigenvalue weighted by atomic mass is 16.1. The van der Waals surface area contributed by atoms with Crippen molar-refractivity contribution in [2.45, 2.75) is 38.0 Å². The number of Topliss-reactive ketones (excluding diaryl/α,β-unsaturated/α-hetero) is 1. The van der Waals surface area contributed by atoms with E-state index in [1.54, 1.807) is 0 Å². The van der Waals surface area contributed by atoms with Crippen LogP contribution in [0.1, 0.15) is 42.4 Å². The average Bonchev–Trinajstić information content (AvgIpc) is 2.57. The SMILES string of the molecule is Cc1ccc2c(c1)C=CC21CCCC(=O)C1. The van der Waals surface area contributed by atoms with Crippen LogP contribution in [0.2, 0.25) is 0 Å². The third-order valence-electron chi connectivity index (χ3n) is 3.92. The Morgan fingerprint density at radius 1 is 1.31 bits per heavy atom. The topological polar surface area (TPSA) is 17.1 Å². The summed E-state index contributed by atoms with van der Waals surface area (Å²) in [4.78, 5) is 11.7. The Morgan fingerprint density at radius 3 is 3.00 bits per heavy atom. The minimum atomic E-state index is 0.0400. The van der Waals surface area contributed by atoms with Gasteiger partial charge in [-0.2, -0.15) is 0 Å². The van der Waals surface area contributed by atoms with Gasteiger partial charge in [0.15, 0.2) is 0 Å². The molecule has 0 heterocycles. The van der Waals surface area contributed by atoms with Gasteiger partial charge in [-0.05, 0) is 30.9 Å². The Kier molecular flexibility index (Phi) is 2.03. The molecule has 1 atom stereocenters. The minimum absolute atomic E-state index is 0.0400. The lowest BCUT2D eigenvalue weighted by atomic mass is 9.70. The zero-order chi connectivity index (χ0) is 11.2. The van der Waals surface area contributed by atoms with Crippen molar-refractivity contribution >= 4 is 11.9 Å². The number of aryl methyl sites for hydroxylation is 1. The number of hydrogen-bond donors (Lipinski definition) is 0. The third-order valence-corrected chi connectivity index (χ3v) is 3.92. The number of carbonyl (C=O) groups is 1. The molecular weight excluding hydrogens is 196 g/mol. The molecule has 2 aliphatic carbocycles. The second-order valence-corrected chi connectivity index (χ2v) is 5.15. The molecule has 3 rings (SSSR count). The van der Waals surface area contributed by atoms with E-state index in [4.69, 9.17) is 0 Å². The Balaban J connectivity index is 2.08. The first kappa shape index (κ1) is 9.83. The van der Waals surface area contributed by atoms with E-state index in [-0.39, 0.29) is 5.41 Å². The van der Waals surface area contributed by atoms with Crippen molar-refractivity contribution in [3.8, 4) is 0 Å². The van der Waals surface area contributed by atoms with E-state index < -0.39 is 0 Å². The van der Waals surface area contributed by atoms with Gasteiger partial charge < -0.3 is 0 Å². The molecule has 1 aromatic rings. The second kappa shape index (κ2) is 3.31. The molecule has 0 radical (unpaired) electrons. The quantitative estimate of drug-likeness (QED) is 0.644. The maximum absolute atomic E-state index is 11.7. The number of allylic oxidation sites excluding steroid dienone is 1. The lowest BCUT2D eigenvalue weighted by Gasteiger charge is -2.32. The standard InChI is InChI=1S/C15H16O/c1-11-4-5-14-12(9-11)6-8-15(14)7-2-3-13(16)10-15/h4-6,8-9H,2-3,7,10H2,1H3. The smallest absolute Gasteiger partial charge is 0.134 e. The summed E-state index contributed by atoms with van der Waals surface area (Å²) in [6, 6.07) is 6.59. The maximum Gasteiger partial charge on any atom is 0.134 e. The van der Waals surface area contributed by atoms with Gasteiger partial charge in [0.1, 0.15) is 5.78 Å². The van der Waals surface area contributed by atoms with Gasteiger partial charge in [0.05, 0.1) is 0 Å². The van der Waals surface area contributed by atoms with Gasteiger partial charge in [0.25, 0.3) is 0 Å². The van der Waals surface area contributed by atoms with E-state index in [0.717, 1.165) is 19.3 Å². The molecule has 0 aromatic heterocycles. The van der Waals surface area contributed by atoms with E-state index in [1.807, 2.05) is 0 Å². The Bertz CT molecular complexity index is 484. The molecule has 16 heavy (non-hydrogen) atoms. The van der Waals surface area contributed by atoms with Gasteiger partial charge in [-0.1, -0.05) is 35.9 Å². The van der Waals surface area contributed by atoms with Gasteiger partial charge >= 0.3 is 0 Å². The molecule has 0 bridgehead atoms. The van der Waals surface area contributed by atoms with Crippen LogP contribution < -0.4 is 0 Å². The van der Waals surface area contributed by atoms with Crippen molar-refractivity contribution in [3.05, 3.63) is 41.0 Å². The number of benzene rings is 1. The normalized spacial score (nSPS) is 27.4. The number of carbonyl (C=O) groups excluding carboxylic acids is 1. The highest BCUT2D eigenvalue weighted by Crippen LogP contribution is 2.45. The summed E-state index contributed by atoms with van der Waals surface area (Å²) >= 11 is 0. The van der Waals surface area contributed by atoms with Gasteiger partial charge in [0, 0.05) is 18.3 Å². The van der Waals surface area contributed by atoms with Crippen molar-refractivity contribution < 1.29 is 4.79 Å². The number of fused-ring (bicyclic) bond motifs is 2. The summed E-state index contributed by atoms with van der Waals surface area (Å²) in [5, 5.41) is 0. The summed E-state index contributed by atoms with van der Waals surface area (Å²) < 4.78 is 0. The fourth-order valence-electron chi connectivity index (χ4n) is 3.11. The lowest BCUT2D eigenvalue weighted by molar-refractivity contribution is -0.121. The Morgan fingerprint density at radius 2 is 2.19 bits per heavy atom. The van der Waals surface area contributed by atoms with Crippen molar-refractivity contribution in [2.24, 2.45) is 0 Å². The molecule has 82 valence electrons. The Labute approximate surface area is 96.2 Å². The van der Waals surface area contributed by atoms with E-state index in [2.05, 4.69) is 37.3 Å². The van der Waals surface area contributed by atoms with Crippen LogP contribution in [-0.4, -0.2) is 5.78 Å². The molecule has 1 heteroatoms. The van der Waals surface area contributed by atoms with Gasteiger partial charge in [-0.15, -0.1) is 0 Å². The Hall–Kier alpha value is -1.37. The third kappa shape index (κ3) is 1.35. The molecule has 1 spiro atoms. The monoisotopic (exact) mass is 212 g/mol. The van der Waals surface area contributed by atoms with Crippen LogP contribution in [0.25, 0.3) is 6.08 Å². The van der Waals surface area contributed by atoms with Crippen molar-refractivity contribution in [1.29, 1.82) is 0 Å². The largest absolute Gasteiger partial charge is 0.300 e. The fraction of sp³-hybridized carbons (Fsp3) is 0.400. The van der Waals surface area contributed by atoms with E-state index >= 15 is 0 Å². The lowest BCUT2D eigenvalue weighted by Crippen LogP contribution is -2.29. The maximum atomic E-state index is 11.7. The molecular formula is C15H16O. The number of hydrogen-bond acceptors (Lipinski definition) is 1. The van der Waals surface area contributed by atoms with Crippen LogP contribution in [0.3, 0.4) is 0 Å². The van der Waals surface area contributed by atoms with Gasteiger partial charge in [-0.25, -0.2) is 0 Å². The zero-order valence-corrected chi connectivity index (χ0v) is 9.62. The molecule has 0 N–H and O–H groups in total. The summed E-state index contributed by atoms with van der Waals surface area (Å²) in [6.45, 7) is 2.12. The van der Waals surface area contributed by atoms with E-state index in [1.165, 1.54) is 16.7 Å². The average molecular weight is 212 g/mol. The first-order valence-electron chi connectivity index (χ1n) is 6.02. The highest BCUT2D eigenvalue weighted by Gasteiger charge is 2.38. The van der Waals surface area contributed by atoms with Crippen molar-refractivity contribution in [2.75, 3.05) is 0 Å². The molecule has 0 aliphatic heterocycles. The summed E-state index contributed by atoms with van der Waals surface area (Å²) in [7, 11) is 0. The predicted molar refractivity (Wildman–Crippen MR) is 65.4 cm³/mol. The first-order valence-corrected chi connectivity index (χ1v) is 6.02. The molecule has 1 saturated carbocycles. The predicted octanol–water partition coefficient (Wildman–Crippen LogP) is 3.40. The van der Waals surface area contributed by atoms with Crippen LogP contribution in [0, 0.1) is 6.92 Å². The van der Waals surface area contributed by atoms with Crippen LogP contribution in [0.4, 0.5) is 0 Å². The highest BCUT2D eigenvalue weighted by molar-refractivity contribution is 5.83. The molecule has 0 saturated heterocycles. The van der Waals surface area contributed by atoms with E-state index in [9.17, 15) is 4.79 Å². The minimum Gasteiger partial charge on any atom is -0.300 e. The first-order chi connectivity index (χ1) is 7.70. The van der Waals surface area contributed by atoms with Crippen LogP contribution in [-0.2, 0) is 10.2 Å². The van der Waals surface area contributed by atoms with Crippen LogP contribution in [0.5, 0.6) is 0 Å². The molecule has 1 aromatic carbocycles. The molecule has 1 unspecified atom stereocenters. The molecule has 1 nitrogen and oxygen atoms in total. The zero-order valence-electron chi connectivity index (χ0n) is 9.62. The van der Waals surface area contributed by atoms with Gasteiger partial charge in [0.2, 0.25) is 0 Å². The second-order valence-electron chi connectivity index (χ2n) is 5.15. The van der Waals surface area contributed by atoms with Crippen LogP contribution in [0.15, 0.2) is 24.3 Å². The number of rotatable bonds is 0. The number of ketones is 1. The fourth-order valence-corrected chi connectivity index (χ4v) is 3.11. The molecule has 0 amide bonds. The summed E-state index contributed by atoms with van der Waals surface area (Å²) in [5.74, 6) is 0.421. The van der Waals surface area contributed by atoms with Crippen molar-refractivity contribution in [1.82, 2.24) is 0 Å². The van der Waals surface area contributed by atoms with Crippen LogP contribution >= 0.6 is 0 Å². The van der Waals surface area contributed by atoms with Gasteiger partial charge in [-0.3, -0.25) is 4.79 Å². The molecule has 1 fully saturated rings. The molecule has 2 aliphatic rings.